The predicted molar refractivity (Wildman–Crippen MR) is 111 cm³/mol. The molecule has 2 aromatic carbocycles. The van der Waals surface area contributed by atoms with Crippen LogP contribution in [0.25, 0.3) is 0 Å². The number of non-ortho nitro benzene ring substituents is 1. The smallest absolute Gasteiger partial charge is 0.269 e. The average Bonchev–Trinajstić information content (AvgIpc) is 2.74. The Hall–Kier alpha value is -2.43. The summed E-state index contributed by atoms with van der Waals surface area (Å²) in [7, 11) is -3.58. The van der Waals surface area contributed by atoms with E-state index >= 15 is 0 Å². The van der Waals surface area contributed by atoms with Crippen LogP contribution in [0.4, 0.5) is 11.4 Å². The molecule has 1 saturated heterocycles. The van der Waals surface area contributed by atoms with Crippen LogP contribution >= 0.6 is 11.8 Å². The van der Waals surface area contributed by atoms with Gasteiger partial charge in [0.25, 0.3) is 5.69 Å². The molecule has 0 bridgehead atoms. The van der Waals surface area contributed by atoms with Crippen molar-refractivity contribution >= 4 is 39.1 Å². The molecule has 154 valence electrons. The Morgan fingerprint density at radius 3 is 2.21 bits per heavy atom. The Kier molecular flexibility index (Phi) is 6.56. The molecule has 0 saturated carbocycles. The summed E-state index contributed by atoms with van der Waals surface area (Å²) < 4.78 is 27.0. The quantitative estimate of drug-likeness (QED) is 0.423. The Morgan fingerprint density at radius 2 is 1.69 bits per heavy atom. The van der Waals surface area contributed by atoms with Gasteiger partial charge in [0.05, 0.1) is 9.82 Å². The average molecular weight is 436 g/mol. The summed E-state index contributed by atoms with van der Waals surface area (Å²) in [5, 5.41) is 13.4. The highest BCUT2D eigenvalue weighted by Gasteiger charge is 2.32. The molecule has 0 atom stereocenters. The molecular formula is C19H21N3O5S2. The van der Waals surface area contributed by atoms with Crippen molar-refractivity contribution in [3.05, 3.63) is 58.6 Å². The number of anilines is 1. The van der Waals surface area contributed by atoms with Crippen molar-refractivity contribution in [3.63, 3.8) is 0 Å². The lowest BCUT2D eigenvalue weighted by molar-refractivity contribution is -0.384. The van der Waals surface area contributed by atoms with Gasteiger partial charge >= 0.3 is 0 Å². The van der Waals surface area contributed by atoms with Crippen LogP contribution in [0.1, 0.15) is 12.8 Å². The molecule has 0 radical (unpaired) electrons. The monoisotopic (exact) mass is 435 g/mol. The number of benzene rings is 2. The van der Waals surface area contributed by atoms with E-state index < -0.39 is 14.9 Å². The number of carbonyl (C=O) groups is 1. The summed E-state index contributed by atoms with van der Waals surface area (Å²) in [4.78, 5) is 23.9. The minimum atomic E-state index is -3.58. The Morgan fingerprint density at radius 1 is 1.10 bits per heavy atom. The van der Waals surface area contributed by atoms with Gasteiger partial charge in [-0.15, -0.1) is 11.8 Å². The Balaban J connectivity index is 1.59. The van der Waals surface area contributed by atoms with Crippen molar-refractivity contribution in [2.24, 2.45) is 5.92 Å². The number of hydrogen-bond donors (Lipinski definition) is 1. The van der Waals surface area contributed by atoms with Crippen LogP contribution in [0.2, 0.25) is 0 Å². The molecule has 10 heteroatoms. The van der Waals surface area contributed by atoms with Crippen molar-refractivity contribution in [2.45, 2.75) is 22.6 Å². The highest BCUT2D eigenvalue weighted by atomic mass is 32.2. The van der Waals surface area contributed by atoms with E-state index in [0.717, 1.165) is 4.90 Å². The Bertz CT molecular complexity index is 984. The second-order valence-electron chi connectivity index (χ2n) is 6.65. The van der Waals surface area contributed by atoms with Gasteiger partial charge < -0.3 is 5.32 Å². The van der Waals surface area contributed by atoms with Crippen molar-refractivity contribution < 1.29 is 18.1 Å². The number of carbonyl (C=O) groups excluding carboxylic acids is 1. The van der Waals surface area contributed by atoms with E-state index in [1.807, 2.05) is 6.26 Å². The van der Waals surface area contributed by atoms with Crippen LogP contribution < -0.4 is 5.32 Å². The fourth-order valence-corrected chi connectivity index (χ4v) is 5.04. The van der Waals surface area contributed by atoms with Gasteiger partial charge in [0, 0.05) is 41.7 Å². The molecule has 1 aliphatic rings. The van der Waals surface area contributed by atoms with Gasteiger partial charge in [-0.1, -0.05) is 0 Å². The largest absolute Gasteiger partial charge is 0.326 e. The minimum Gasteiger partial charge on any atom is -0.326 e. The van der Waals surface area contributed by atoms with Gasteiger partial charge in [-0.05, 0) is 55.5 Å². The third-order valence-electron chi connectivity index (χ3n) is 4.87. The number of thioether (sulfide) groups is 1. The normalized spacial score (nSPS) is 15.8. The number of nitro groups is 1. The zero-order chi connectivity index (χ0) is 21.0. The van der Waals surface area contributed by atoms with Gasteiger partial charge in [0.2, 0.25) is 15.9 Å². The van der Waals surface area contributed by atoms with Gasteiger partial charge in [-0.3, -0.25) is 14.9 Å². The second kappa shape index (κ2) is 8.93. The maximum absolute atomic E-state index is 12.8. The summed E-state index contributed by atoms with van der Waals surface area (Å²) in [6.07, 6.45) is 2.76. The SMILES string of the molecule is CSc1ccc(S(=O)(=O)N2CCC(C(=O)Nc3ccc([N+](=O)[O-])cc3)CC2)cc1. The lowest BCUT2D eigenvalue weighted by Crippen LogP contribution is -2.41. The number of piperidine rings is 1. The van der Waals surface area contributed by atoms with E-state index in [9.17, 15) is 23.3 Å². The van der Waals surface area contributed by atoms with E-state index in [0.29, 0.717) is 18.5 Å². The third kappa shape index (κ3) is 4.95. The lowest BCUT2D eigenvalue weighted by atomic mass is 9.97. The maximum Gasteiger partial charge on any atom is 0.269 e. The summed E-state index contributed by atoms with van der Waals surface area (Å²) in [5.74, 6) is -0.518. The molecule has 8 nitrogen and oxygen atoms in total. The van der Waals surface area contributed by atoms with Crippen LogP contribution in [0.5, 0.6) is 0 Å². The molecule has 1 heterocycles. The van der Waals surface area contributed by atoms with E-state index in [1.165, 1.54) is 28.6 Å². The van der Waals surface area contributed by atoms with Gasteiger partial charge in [0.15, 0.2) is 0 Å². The number of sulfonamides is 1. The first-order valence-electron chi connectivity index (χ1n) is 9.01. The first kappa shape index (κ1) is 21.3. The minimum absolute atomic E-state index is 0.0490. The van der Waals surface area contributed by atoms with Crippen LogP contribution in [0, 0.1) is 16.0 Å². The molecule has 0 aromatic heterocycles. The summed E-state index contributed by atoms with van der Waals surface area (Å²) >= 11 is 1.54. The number of hydrogen-bond acceptors (Lipinski definition) is 6. The summed E-state index contributed by atoms with van der Waals surface area (Å²) in [6.45, 7) is 0.538. The number of nitrogens with zero attached hydrogens (tertiary/aromatic N) is 2. The molecule has 1 amide bonds. The fraction of sp³-hybridized carbons (Fsp3) is 0.316. The highest BCUT2D eigenvalue weighted by molar-refractivity contribution is 7.98. The van der Waals surface area contributed by atoms with Crippen LogP contribution in [0.15, 0.2) is 58.3 Å². The number of nitro benzene ring substituents is 1. The predicted octanol–water partition coefficient (Wildman–Crippen LogP) is 3.36. The number of amides is 1. The van der Waals surface area contributed by atoms with Crippen LogP contribution in [-0.2, 0) is 14.8 Å². The van der Waals surface area contributed by atoms with Gasteiger partial charge in [0.1, 0.15) is 0 Å². The summed E-state index contributed by atoms with van der Waals surface area (Å²) in [5.41, 5.74) is 0.427. The van der Waals surface area contributed by atoms with E-state index in [4.69, 9.17) is 0 Å². The lowest BCUT2D eigenvalue weighted by Gasteiger charge is -2.30. The zero-order valence-electron chi connectivity index (χ0n) is 15.8. The second-order valence-corrected chi connectivity index (χ2v) is 9.46. The number of rotatable bonds is 6. The van der Waals surface area contributed by atoms with Crippen molar-refractivity contribution in [1.29, 1.82) is 0 Å². The molecule has 2 aromatic rings. The third-order valence-corrected chi connectivity index (χ3v) is 7.52. The molecule has 1 fully saturated rings. The van der Waals surface area contributed by atoms with Crippen molar-refractivity contribution in [3.8, 4) is 0 Å². The topological polar surface area (TPSA) is 110 Å². The van der Waals surface area contributed by atoms with Crippen LogP contribution in [0.3, 0.4) is 0 Å². The zero-order valence-corrected chi connectivity index (χ0v) is 17.4. The molecule has 1 aliphatic heterocycles. The number of nitrogens with one attached hydrogen (secondary N) is 1. The van der Waals surface area contributed by atoms with Crippen molar-refractivity contribution in [1.82, 2.24) is 4.31 Å². The van der Waals surface area contributed by atoms with Gasteiger partial charge in [-0.2, -0.15) is 4.31 Å². The molecule has 3 rings (SSSR count). The highest BCUT2D eigenvalue weighted by Crippen LogP contribution is 2.26. The van der Waals surface area contributed by atoms with Crippen molar-refractivity contribution in [2.75, 3.05) is 24.7 Å². The van der Waals surface area contributed by atoms with Crippen LogP contribution in [-0.4, -0.2) is 42.9 Å². The van der Waals surface area contributed by atoms with E-state index in [1.54, 1.807) is 36.0 Å². The molecule has 29 heavy (non-hydrogen) atoms. The summed E-state index contributed by atoms with van der Waals surface area (Å²) in [6, 6.07) is 12.4. The fourth-order valence-electron chi connectivity index (χ4n) is 3.17. The maximum atomic E-state index is 12.8. The van der Waals surface area contributed by atoms with E-state index in [-0.39, 0.29) is 35.5 Å². The Labute approximate surface area is 173 Å². The first-order chi connectivity index (χ1) is 13.8. The molecule has 1 N–H and O–H groups in total. The molecule has 0 aliphatic carbocycles. The standard InChI is InChI=1S/C19H21N3O5S2/c1-28-17-6-8-18(9-7-17)29(26,27)21-12-10-14(11-13-21)19(23)20-15-2-4-16(5-3-15)22(24)25/h2-9,14H,10-13H2,1H3,(H,20,23). The molecular weight excluding hydrogens is 414 g/mol. The van der Waals surface area contributed by atoms with Gasteiger partial charge in [-0.25, -0.2) is 8.42 Å². The molecule has 0 unspecified atom stereocenters. The first-order valence-corrected chi connectivity index (χ1v) is 11.7. The molecule has 0 spiro atoms. The van der Waals surface area contributed by atoms with E-state index in [2.05, 4.69) is 5.32 Å².